The third-order valence-electron chi connectivity index (χ3n) is 3.61. The van der Waals surface area contributed by atoms with E-state index < -0.39 is 15.1 Å². The van der Waals surface area contributed by atoms with E-state index in [9.17, 15) is 12.3 Å². The number of rotatable bonds is 9. The summed E-state index contributed by atoms with van der Waals surface area (Å²) >= 11 is 14.5. The van der Waals surface area contributed by atoms with Gasteiger partial charge in [0.25, 0.3) is 0 Å². The van der Waals surface area contributed by atoms with E-state index in [1.807, 2.05) is 13.8 Å². The Labute approximate surface area is 192 Å². The second-order valence-corrected chi connectivity index (χ2v) is 10.4. The molecular formula is C16H19Cl2FN6O2S3. The van der Waals surface area contributed by atoms with Crippen molar-refractivity contribution >= 4 is 68.3 Å². The zero-order valence-electron chi connectivity index (χ0n) is 15.9. The van der Waals surface area contributed by atoms with Crippen molar-refractivity contribution in [3.63, 3.8) is 0 Å². The standard InChI is InChI=1S/C16H19Cl2FN6O2S3/c1-3-12(20)28-15-14(16(23-7-22-15)29-13(21)4-2)25-24-10-5-9(18)11(6-8(10)17)30(19,26)27/h5-7,12-13H,3-4,20-21H2,1-2H3/b25-24+. The number of hydrogen-bond donors (Lipinski definition) is 2. The Hall–Kier alpha value is -1.02. The van der Waals surface area contributed by atoms with E-state index in [2.05, 4.69) is 20.2 Å². The van der Waals surface area contributed by atoms with Crippen LogP contribution in [0.15, 0.2) is 43.6 Å². The summed E-state index contributed by atoms with van der Waals surface area (Å²) in [6.07, 6.45) is 2.78. The van der Waals surface area contributed by atoms with Gasteiger partial charge in [-0.3, -0.25) is 0 Å². The molecule has 0 aliphatic rings. The van der Waals surface area contributed by atoms with Crippen molar-refractivity contribution in [3.8, 4) is 0 Å². The molecule has 0 amide bonds. The fourth-order valence-corrected chi connectivity index (χ4v) is 4.88. The minimum atomic E-state index is -5.03. The molecule has 0 bridgehead atoms. The van der Waals surface area contributed by atoms with Crippen LogP contribution in [-0.2, 0) is 10.2 Å². The molecule has 1 heterocycles. The molecule has 14 heteroatoms. The lowest BCUT2D eigenvalue weighted by Crippen LogP contribution is -2.15. The van der Waals surface area contributed by atoms with Crippen molar-refractivity contribution in [3.05, 3.63) is 28.5 Å². The minimum Gasteiger partial charge on any atom is -0.319 e. The lowest BCUT2D eigenvalue weighted by Gasteiger charge is -2.13. The van der Waals surface area contributed by atoms with Gasteiger partial charge in [0.2, 0.25) is 0 Å². The Kier molecular flexibility index (Phi) is 9.28. The average Bonchev–Trinajstić information content (AvgIpc) is 2.68. The molecule has 0 saturated carbocycles. The number of benzene rings is 1. The average molecular weight is 513 g/mol. The third-order valence-corrected chi connectivity index (χ3v) is 7.51. The first-order valence-electron chi connectivity index (χ1n) is 8.61. The number of nitrogens with zero attached hydrogens (tertiary/aromatic N) is 4. The first-order chi connectivity index (χ1) is 14.1. The number of halogens is 3. The van der Waals surface area contributed by atoms with Crippen LogP contribution in [0.2, 0.25) is 10.0 Å². The van der Waals surface area contributed by atoms with Crippen molar-refractivity contribution in [1.82, 2.24) is 9.97 Å². The second kappa shape index (κ2) is 11.0. The van der Waals surface area contributed by atoms with Gasteiger partial charge in [0.15, 0.2) is 5.69 Å². The van der Waals surface area contributed by atoms with Gasteiger partial charge in [-0.15, -0.1) is 14.1 Å². The molecule has 30 heavy (non-hydrogen) atoms. The Bertz CT molecular complexity index is 1010. The van der Waals surface area contributed by atoms with Gasteiger partial charge in [0.1, 0.15) is 27.0 Å². The molecule has 1 aromatic carbocycles. The molecule has 4 N–H and O–H groups in total. The molecule has 0 fully saturated rings. The van der Waals surface area contributed by atoms with E-state index in [-0.39, 0.29) is 26.5 Å². The van der Waals surface area contributed by atoms with Gasteiger partial charge in [-0.05, 0) is 25.0 Å². The topological polar surface area (TPSA) is 137 Å². The summed E-state index contributed by atoms with van der Waals surface area (Å²) in [7, 11) is -5.03. The van der Waals surface area contributed by atoms with Crippen LogP contribution >= 0.6 is 46.7 Å². The first-order valence-corrected chi connectivity index (χ1v) is 12.5. The Balaban J connectivity index is 2.51. The van der Waals surface area contributed by atoms with E-state index in [0.717, 1.165) is 12.1 Å². The fraction of sp³-hybridized carbons (Fsp3) is 0.375. The molecule has 0 radical (unpaired) electrons. The minimum absolute atomic E-state index is 0.0457. The molecular weight excluding hydrogens is 494 g/mol. The second-order valence-electron chi connectivity index (χ2n) is 5.83. The Morgan fingerprint density at radius 2 is 1.57 bits per heavy atom. The lowest BCUT2D eigenvalue weighted by molar-refractivity contribution is 0.552. The van der Waals surface area contributed by atoms with E-state index in [1.54, 1.807) is 0 Å². The predicted molar refractivity (Wildman–Crippen MR) is 119 cm³/mol. The van der Waals surface area contributed by atoms with Crippen LogP contribution in [-0.4, -0.2) is 29.1 Å². The normalized spacial score (nSPS) is 14.2. The molecule has 1 aromatic heterocycles. The van der Waals surface area contributed by atoms with Crippen LogP contribution in [0.5, 0.6) is 0 Å². The highest BCUT2D eigenvalue weighted by Crippen LogP contribution is 2.40. The van der Waals surface area contributed by atoms with Gasteiger partial charge in [-0.2, -0.15) is 8.42 Å². The molecule has 8 nitrogen and oxygen atoms in total. The molecule has 2 rings (SSSR count). The first kappa shape index (κ1) is 25.2. The van der Waals surface area contributed by atoms with Gasteiger partial charge in [0.05, 0.1) is 20.8 Å². The van der Waals surface area contributed by atoms with E-state index in [4.69, 9.17) is 34.7 Å². The Morgan fingerprint density at radius 3 is 2.03 bits per heavy atom. The maximum atomic E-state index is 13.3. The zero-order chi connectivity index (χ0) is 22.5. The Morgan fingerprint density at radius 1 is 1.03 bits per heavy atom. The molecule has 0 aliphatic heterocycles. The molecule has 0 spiro atoms. The highest BCUT2D eigenvalue weighted by Gasteiger charge is 2.20. The van der Waals surface area contributed by atoms with Crippen LogP contribution in [0.1, 0.15) is 26.7 Å². The summed E-state index contributed by atoms with van der Waals surface area (Å²) in [4.78, 5) is 7.73. The molecule has 0 saturated heterocycles. The van der Waals surface area contributed by atoms with E-state index in [0.29, 0.717) is 28.6 Å². The maximum Gasteiger partial charge on any atom is 0.333 e. The number of hydrogen-bond acceptors (Lipinski definition) is 10. The largest absolute Gasteiger partial charge is 0.333 e. The molecule has 2 unspecified atom stereocenters. The highest BCUT2D eigenvalue weighted by molar-refractivity contribution is 8.00. The van der Waals surface area contributed by atoms with Gasteiger partial charge in [-0.25, -0.2) is 9.97 Å². The van der Waals surface area contributed by atoms with Crippen LogP contribution in [0.4, 0.5) is 15.3 Å². The summed E-state index contributed by atoms with van der Waals surface area (Å²) in [6.45, 7) is 3.87. The van der Waals surface area contributed by atoms with Crippen LogP contribution < -0.4 is 11.5 Å². The van der Waals surface area contributed by atoms with E-state index >= 15 is 0 Å². The quantitative estimate of drug-likeness (QED) is 0.149. The van der Waals surface area contributed by atoms with Gasteiger partial charge < -0.3 is 11.5 Å². The van der Waals surface area contributed by atoms with Crippen molar-refractivity contribution in [1.29, 1.82) is 0 Å². The summed E-state index contributed by atoms with van der Waals surface area (Å²) < 4.78 is 35.6. The maximum absolute atomic E-state index is 13.3. The number of nitrogens with two attached hydrogens (primary N) is 2. The smallest absolute Gasteiger partial charge is 0.319 e. The third kappa shape index (κ3) is 6.74. The highest BCUT2D eigenvalue weighted by atomic mass is 35.5. The van der Waals surface area contributed by atoms with Crippen molar-refractivity contribution in [2.75, 3.05) is 0 Å². The van der Waals surface area contributed by atoms with E-state index in [1.165, 1.54) is 29.9 Å². The van der Waals surface area contributed by atoms with Gasteiger partial charge in [-0.1, -0.05) is 60.6 Å². The van der Waals surface area contributed by atoms with Crippen molar-refractivity contribution < 1.29 is 12.3 Å². The fourth-order valence-electron chi connectivity index (χ4n) is 1.94. The van der Waals surface area contributed by atoms with Gasteiger partial charge in [0, 0.05) is 0 Å². The molecule has 2 atom stereocenters. The number of thioether (sulfide) groups is 2. The summed E-state index contributed by atoms with van der Waals surface area (Å²) in [6, 6.07) is 1.99. The monoisotopic (exact) mass is 512 g/mol. The lowest BCUT2D eigenvalue weighted by atomic mass is 10.3. The summed E-state index contributed by atoms with van der Waals surface area (Å²) in [5, 5.41) is 8.29. The molecule has 164 valence electrons. The summed E-state index contributed by atoms with van der Waals surface area (Å²) in [5.41, 5.74) is 12.4. The van der Waals surface area contributed by atoms with Crippen LogP contribution in [0.25, 0.3) is 0 Å². The van der Waals surface area contributed by atoms with Crippen molar-refractivity contribution in [2.45, 2.75) is 52.4 Å². The zero-order valence-corrected chi connectivity index (χ0v) is 19.9. The molecule has 0 aliphatic carbocycles. The van der Waals surface area contributed by atoms with Crippen molar-refractivity contribution in [2.24, 2.45) is 21.7 Å². The summed E-state index contributed by atoms with van der Waals surface area (Å²) in [5.74, 6) is 0. The predicted octanol–water partition coefficient (Wildman–Crippen LogP) is 5.43. The number of azo groups is 1. The SMILES string of the molecule is CCC(N)Sc1ncnc(SC(N)CC)c1/N=N/c1cc(Cl)c(S(=O)(=O)F)cc1Cl. The van der Waals surface area contributed by atoms with Crippen LogP contribution in [0, 0.1) is 0 Å². The van der Waals surface area contributed by atoms with Gasteiger partial charge >= 0.3 is 10.2 Å². The molecule has 2 aromatic rings. The van der Waals surface area contributed by atoms with Crippen LogP contribution in [0.3, 0.4) is 0 Å². The number of aromatic nitrogens is 2.